The van der Waals surface area contributed by atoms with E-state index in [2.05, 4.69) is 17.1 Å². The van der Waals surface area contributed by atoms with Gasteiger partial charge in [-0.2, -0.15) is 4.91 Å². The lowest BCUT2D eigenvalue weighted by Gasteiger charge is -2.20. The van der Waals surface area contributed by atoms with Crippen LogP contribution in [0, 0.1) is 4.91 Å². The van der Waals surface area contributed by atoms with Crippen molar-refractivity contribution in [1.82, 2.24) is 4.90 Å². The van der Waals surface area contributed by atoms with E-state index in [0.29, 0.717) is 5.69 Å². The Morgan fingerprint density at radius 1 is 1.36 bits per heavy atom. The van der Waals surface area contributed by atoms with E-state index < -0.39 is 12.0 Å². The molecule has 0 saturated heterocycles. The Morgan fingerprint density at radius 2 is 2.05 bits per heavy atom. The Morgan fingerprint density at radius 3 is 2.59 bits per heavy atom. The van der Waals surface area contributed by atoms with Gasteiger partial charge in [-0.15, -0.1) is 6.58 Å². The molecule has 0 saturated carbocycles. The van der Waals surface area contributed by atoms with Gasteiger partial charge in [0.25, 0.3) is 0 Å². The van der Waals surface area contributed by atoms with E-state index in [9.17, 15) is 14.5 Å². The minimum absolute atomic E-state index is 0.0830. The van der Waals surface area contributed by atoms with Gasteiger partial charge in [0, 0.05) is 12.2 Å². The van der Waals surface area contributed by atoms with Gasteiger partial charge in [0.1, 0.15) is 13.1 Å². The van der Waals surface area contributed by atoms with E-state index in [1.807, 2.05) is 0 Å². The van der Waals surface area contributed by atoms with E-state index >= 15 is 0 Å². The number of urea groups is 1. The molecule has 1 rings (SSSR count). The number of amides is 2. The van der Waals surface area contributed by atoms with Crippen molar-refractivity contribution in [3.8, 4) is 0 Å². The van der Waals surface area contributed by atoms with Gasteiger partial charge in [0.2, 0.25) is 0 Å². The van der Waals surface area contributed by atoms with Crippen LogP contribution in [0.4, 0.5) is 10.5 Å². The number of anilines is 1. The van der Waals surface area contributed by atoms with Crippen molar-refractivity contribution >= 4 is 17.7 Å². The third-order valence-electron chi connectivity index (χ3n) is 2.71. The van der Waals surface area contributed by atoms with Gasteiger partial charge >= 0.3 is 12.0 Å². The number of rotatable bonds is 8. The van der Waals surface area contributed by atoms with Crippen LogP contribution in [0.5, 0.6) is 0 Å². The predicted molar refractivity (Wildman–Crippen MR) is 83.4 cm³/mol. The van der Waals surface area contributed by atoms with E-state index in [0.717, 1.165) is 5.56 Å². The number of nitrogens with one attached hydrogen (secondary N) is 1. The SMILES string of the molecule is C=CCN(CC(=O)OCC)C(=O)Nc1ccc(CN=O)cc1. The van der Waals surface area contributed by atoms with E-state index in [-0.39, 0.29) is 26.2 Å². The molecule has 1 aromatic rings. The van der Waals surface area contributed by atoms with Crippen LogP contribution in [-0.4, -0.2) is 36.6 Å². The first-order valence-corrected chi connectivity index (χ1v) is 6.81. The lowest BCUT2D eigenvalue weighted by atomic mass is 10.2. The fourth-order valence-corrected chi connectivity index (χ4v) is 1.71. The summed E-state index contributed by atoms with van der Waals surface area (Å²) < 4.78 is 4.83. The Labute approximate surface area is 128 Å². The summed E-state index contributed by atoms with van der Waals surface area (Å²) in [6.45, 7) is 5.67. The molecule has 0 aliphatic carbocycles. The van der Waals surface area contributed by atoms with Gasteiger partial charge in [0.05, 0.1) is 6.61 Å². The third-order valence-corrected chi connectivity index (χ3v) is 2.71. The van der Waals surface area contributed by atoms with Gasteiger partial charge in [-0.3, -0.25) is 4.79 Å². The van der Waals surface area contributed by atoms with Crippen molar-refractivity contribution in [3.63, 3.8) is 0 Å². The van der Waals surface area contributed by atoms with E-state index in [1.54, 1.807) is 31.2 Å². The van der Waals surface area contributed by atoms with Crippen LogP contribution < -0.4 is 5.32 Å². The zero-order chi connectivity index (χ0) is 16.4. The molecule has 0 atom stereocenters. The molecule has 7 nitrogen and oxygen atoms in total. The predicted octanol–water partition coefficient (Wildman–Crippen LogP) is 2.54. The van der Waals surface area contributed by atoms with Crippen molar-refractivity contribution in [1.29, 1.82) is 0 Å². The lowest BCUT2D eigenvalue weighted by molar-refractivity contribution is -0.143. The van der Waals surface area contributed by atoms with Crippen LogP contribution in [0.2, 0.25) is 0 Å². The van der Waals surface area contributed by atoms with Crippen LogP contribution in [0.3, 0.4) is 0 Å². The maximum absolute atomic E-state index is 12.1. The molecule has 22 heavy (non-hydrogen) atoms. The van der Waals surface area contributed by atoms with Crippen molar-refractivity contribution in [3.05, 3.63) is 47.4 Å². The molecule has 0 fully saturated rings. The van der Waals surface area contributed by atoms with Gasteiger partial charge in [-0.25, -0.2) is 4.79 Å². The standard InChI is InChI=1S/C15H19N3O4/c1-3-9-18(11-14(19)22-4-2)15(20)17-13-7-5-12(6-8-13)10-16-21/h3,5-8H,1,4,9-11H2,2H3,(H,17,20). The first kappa shape index (κ1) is 17.4. The highest BCUT2D eigenvalue weighted by molar-refractivity contribution is 5.91. The number of nitroso groups, excluding NO2 is 1. The number of hydrogen-bond donors (Lipinski definition) is 1. The lowest BCUT2D eigenvalue weighted by Crippen LogP contribution is -2.39. The molecule has 1 N–H and O–H groups in total. The highest BCUT2D eigenvalue weighted by Gasteiger charge is 2.16. The molecule has 2 amide bonds. The number of benzene rings is 1. The van der Waals surface area contributed by atoms with Gasteiger partial charge in [-0.05, 0) is 24.6 Å². The summed E-state index contributed by atoms with van der Waals surface area (Å²) in [5.74, 6) is -0.480. The minimum Gasteiger partial charge on any atom is -0.465 e. The molecule has 7 heteroatoms. The summed E-state index contributed by atoms with van der Waals surface area (Å²) >= 11 is 0. The Balaban J connectivity index is 2.67. The largest absolute Gasteiger partial charge is 0.465 e. The average Bonchev–Trinajstić information content (AvgIpc) is 2.49. The number of ether oxygens (including phenoxy) is 1. The number of carbonyl (C=O) groups is 2. The van der Waals surface area contributed by atoms with Crippen LogP contribution in [-0.2, 0) is 16.1 Å². The highest BCUT2D eigenvalue weighted by Crippen LogP contribution is 2.11. The highest BCUT2D eigenvalue weighted by atomic mass is 16.5. The summed E-state index contributed by atoms with van der Waals surface area (Å²) in [4.78, 5) is 35.1. The van der Waals surface area contributed by atoms with Crippen LogP contribution >= 0.6 is 0 Å². The zero-order valence-electron chi connectivity index (χ0n) is 12.4. The average molecular weight is 305 g/mol. The summed E-state index contributed by atoms with van der Waals surface area (Å²) in [6.07, 6.45) is 1.53. The molecule has 0 unspecified atom stereocenters. The summed E-state index contributed by atoms with van der Waals surface area (Å²) in [5, 5.41) is 5.46. The number of esters is 1. The Hall–Kier alpha value is -2.70. The van der Waals surface area contributed by atoms with Crippen molar-refractivity contribution in [2.24, 2.45) is 5.18 Å². The van der Waals surface area contributed by atoms with Crippen LogP contribution in [0.25, 0.3) is 0 Å². The molecule has 0 aliphatic heterocycles. The first-order valence-electron chi connectivity index (χ1n) is 6.81. The Bertz CT molecular complexity index is 528. The quantitative estimate of drug-likeness (QED) is 0.454. The van der Waals surface area contributed by atoms with Crippen molar-refractivity contribution < 1.29 is 14.3 Å². The second-order valence-electron chi connectivity index (χ2n) is 4.39. The number of nitrogens with zero attached hydrogens (tertiary/aromatic N) is 2. The third kappa shape index (κ3) is 5.74. The summed E-state index contributed by atoms with van der Waals surface area (Å²) in [6, 6.07) is 6.28. The monoisotopic (exact) mass is 305 g/mol. The normalized spacial score (nSPS) is 9.68. The molecule has 0 aliphatic rings. The smallest absolute Gasteiger partial charge is 0.325 e. The van der Waals surface area contributed by atoms with Crippen molar-refractivity contribution in [2.75, 3.05) is 25.0 Å². The first-order chi connectivity index (χ1) is 10.6. The summed E-state index contributed by atoms with van der Waals surface area (Å²) in [5.41, 5.74) is 1.31. The van der Waals surface area contributed by atoms with Gasteiger partial charge < -0.3 is 15.0 Å². The molecular formula is C15H19N3O4. The second-order valence-corrected chi connectivity index (χ2v) is 4.39. The zero-order valence-corrected chi connectivity index (χ0v) is 12.4. The molecule has 0 aromatic heterocycles. The molecular weight excluding hydrogens is 286 g/mol. The molecule has 0 radical (unpaired) electrons. The van der Waals surface area contributed by atoms with Crippen LogP contribution in [0.15, 0.2) is 42.1 Å². The molecule has 0 bridgehead atoms. The van der Waals surface area contributed by atoms with Crippen molar-refractivity contribution in [2.45, 2.75) is 13.5 Å². The second kappa shape index (κ2) is 9.28. The molecule has 0 spiro atoms. The van der Waals surface area contributed by atoms with Crippen LogP contribution in [0.1, 0.15) is 12.5 Å². The van der Waals surface area contributed by atoms with Gasteiger partial charge in [0.15, 0.2) is 0 Å². The summed E-state index contributed by atoms with van der Waals surface area (Å²) in [7, 11) is 0. The number of carbonyl (C=O) groups excluding carboxylic acids is 2. The van der Waals surface area contributed by atoms with E-state index in [1.165, 1.54) is 11.0 Å². The molecule has 1 aromatic carbocycles. The maximum atomic E-state index is 12.1. The minimum atomic E-state index is -0.480. The maximum Gasteiger partial charge on any atom is 0.325 e. The van der Waals surface area contributed by atoms with Gasteiger partial charge in [-0.1, -0.05) is 23.4 Å². The topological polar surface area (TPSA) is 88.1 Å². The Kier molecular flexibility index (Phi) is 7.32. The van der Waals surface area contributed by atoms with E-state index in [4.69, 9.17) is 4.74 Å². The molecule has 118 valence electrons. The fraction of sp³-hybridized carbons (Fsp3) is 0.333. The number of hydrogen-bond acceptors (Lipinski definition) is 5. The molecule has 0 heterocycles. The fourth-order valence-electron chi connectivity index (χ4n) is 1.71.